The van der Waals surface area contributed by atoms with E-state index in [1.165, 1.54) is 18.4 Å². The zero-order chi connectivity index (χ0) is 19.0. The van der Waals surface area contributed by atoms with E-state index in [2.05, 4.69) is 5.38 Å². The summed E-state index contributed by atoms with van der Waals surface area (Å²) in [5, 5.41) is 5.01. The maximum absolute atomic E-state index is 13.2. The van der Waals surface area contributed by atoms with Gasteiger partial charge in [0, 0.05) is 22.3 Å². The van der Waals surface area contributed by atoms with Crippen LogP contribution in [0.2, 0.25) is 0 Å². The van der Waals surface area contributed by atoms with E-state index in [-0.39, 0.29) is 5.82 Å². The number of hydrogen-bond acceptors (Lipinski definition) is 4. The second-order valence-electron chi connectivity index (χ2n) is 5.99. The third-order valence-corrected chi connectivity index (χ3v) is 8.14. The predicted octanol–water partition coefficient (Wildman–Crippen LogP) is 5.76. The molecule has 0 aliphatic heterocycles. The maximum Gasteiger partial charge on any atom is 0.290 e. The molecule has 0 aliphatic rings. The Hall–Kier alpha value is -2.35. The quantitative estimate of drug-likeness (QED) is 0.398. The number of aromatic nitrogens is 1. The molecule has 0 bridgehead atoms. The van der Waals surface area contributed by atoms with Crippen LogP contribution in [0.3, 0.4) is 0 Å². The van der Waals surface area contributed by atoms with Crippen LogP contribution in [0.1, 0.15) is 0 Å². The molecular weight excluding hydrogens is 401 g/mol. The van der Waals surface area contributed by atoms with Crippen molar-refractivity contribution >= 4 is 31.6 Å². The summed E-state index contributed by atoms with van der Waals surface area (Å²) < 4.78 is 36.7. The van der Waals surface area contributed by atoms with E-state index in [1.807, 2.05) is 29.6 Å². The Morgan fingerprint density at radius 3 is 2.30 bits per heavy atom. The predicted molar refractivity (Wildman–Crippen MR) is 110 cm³/mol. The van der Waals surface area contributed by atoms with Crippen LogP contribution < -0.4 is 0 Å². The first-order chi connectivity index (χ1) is 12.9. The Balaban J connectivity index is 1.85. The highest BCUT2D eigenvalue weighted by molar-refractivity contribution is 7.90. The van der Waals surface area contributed by atoms with E-state index in [1.54, 1.807) is 35.6 Å². The van der Waals surface area contributed by atoms with Gasteiger partial charge in [-0.1, -0.05) is 6.07 Å². The lowest BCUT2D eigenvalue weighted by Crippen LogP contribution is -1.95. The van der Waals surface area contributed by atoms with Gasteiger partial charge in [-0.05, 0) is 60.0 Å². The smallest absolute Gasteiger partial charge is 0.224 e. The van der Waals surface area contributed by atoms with Crippen LogP contribution in [0.5, 0.6) is 0 Å². The van der Waals surface area contributed by atoms with Crippen molar-refractivity contribution < 1.29 is 12.8 Å². The SMILES string of the molecule is CS(=O)(=O)c1ccc(-[s+]2cc(-c3ccc(F)cc3)nc2-c2cccs2)cc1. The van der Waals surface area contributed by atoms with Crippen LogP contribution in [0.25, 0.3) is 26.0 Å². The van der Waals surface area contributed by atoms with E-state index in [0.29, 0.717) is 4.90 Å². The van der Waals surface area contributed by atoms with Gasteiger partial charge in [0.2, 0.25) is 0 Å². The Labute approximate surface area is 163 Å². The van der Waals surface area contributed by atoms with Gasteiger partial charge in [-0.2, -0.15) is 4.98 Å². The molecule has 136 valence electrons. The molecule has 2 aromatic carbocycles. The summed E-state index contributed by atoms with van der Waals surface area (Å²) in [6.07, 6.45) is 1.20. The third kappa shape index (κ3) is 3.71. The lowest BCUT2D eigenvalue weighted by atomic mass is 10.2. The number of sulfone groups is 1. The normalized spacial score (nSPS) is 12.3. The fraction of sp³-hybridized carbons (Fsp3) is 0.0500. The van der Waals surface area contributed by atoms with Crippen molar-refractivity contribution in [3.8, 4) is 26.0 Å². The van der Waals surface area contributed by atoms with Crippen LogP contribution in [0.15, 0.2) is 76.3 Å². The fourth-order valence-corrected chi connectivity index (χ4v) is 6.13. The molecule has 0 spiro atoms. The summed E-state index contributed by atoms with van der Waals surface area (Å²) in [6.45, 7) is 0. The highest BCUT2D eigenvalue weighted by Gasteiger charge is 2.25. The maximum atomic E-state index is 13.2. The largest absolute Gasteiger partial charge is 0.290 e. The molecule has 1 unspecified atom stereocenters. The number of halogens is 1. The minimum atomic E-state index is -3.23. The van der Waals surface area contributed by atoms with Crippen LogP contribution in [0, 0.1) is 5.82 Å². The van der Waals surface area contributed by atoms with Gasteiger partial charge in [0.05, 0.1) is 4.90 Å². The highest BCUT2D eigenvalue weighted by Crippen LogP contribution is 2.45. The molecule has 2 heterocycles. The summed E-state index contributed by atoms with van der Waals surface area (Å²) in [7, 11) is -3.65. The van der Waals surface area contributed by atoms with Crippen LogP contribution in [-0.2, 0) is 9.84 Å². The summed E-state index contributed by atoms with van der Waals surface area (Å²) in [6, 6.07) is 17.2. The average Bonchev–Trinajstić information content (AvgIpc) is 3.31. The second-order valence-corrected chi connectivity index (χ2v) is 10.7. The van der Waals surface area contributed by atoms with Gasteiger partial charge >= 0.3 is 0 Å². The second kappa shape index (κ2) is 6.99. The molecular formula is C20H15FNO2S3+. The molecule has 0 fully saturated rings. The van der Waals surface area contributed by atoms with Gasteiger partial charge < -0.3 is 0 Å². The van der Waals surface area contributed by atoms with E-state index in [0.717, 1.165) is 26.0 Å². The van der Waals surface area contributed by atoms with Crippen molar-refractivity contribution in [3.05, 3.63) is 77.2 Å². The van der Waals surface area contributed by atoms with Gasteiger partial charge in [0.15, 0.2) is 20.1 Å². The molecule has 0 saturated heterocycles. The first kappa shape index (κ1) is 18.0. The van der Waals surface area contributed by atoms with E-state index < -0.39 is 20.3 Å². The van der Waals surface area contributed by atoms with E-state index in [4.69, 9.17) is 4.98 Å². The first-order valence-corrected chi connectivity index (χ1v) is 12.1. The van der Waals surface area contributed by atoms with Gasteiger partial charge in [0.25, 0.3) is 5.01 Å². The molecule has 4 rings (SSSR count). The average molecular weight is 417 g/mol. The minimum Gasteiger partial charge on any atom is -0.224 e. The Kier molecular flexibility index (Phi) is 4.67. The summed E-state index contributed by atoms with van der Waals surface area (Å²) in [5.41, 5.74) is 1.65. The summed E-state index contributed by atoms with van der Waals surface area (Å²) in [5.74, 6) is -0.282. The monoisotopic (exact) mass is 416 g/mol. The number of nitrogens with zero attached hydrogens (tertiary/aromatic N) is 1. The molecule has 4 aromatic rings. The van der Waals surface area contributed by atoms with E-state index >= 15 is 0 Å². The van der Waals surface area contributed by atoms with Gasteiger partial charge in [-0.3, -0.25) is 0 Å². The van der Waals surface area contributed by atoms with Crippen molar-refractivity contribution in [2.75, 3.05) is 6.26 Å². The Bertz CT molecular complexity index is 1180. The van der Waals surface area contributed by atoms with Gasteiger partial charge in [-0.15, -0.1) is 11.3 Å². The molecule has 0 aliphatic carbocycles. The molecule has 2 aromatic heterocycles. The summed E-state index contributed by atoms with van der Waals surface area (Å²) in [4.78, 5) is 7.18. The Morgan fingerprint density at radius 1 is 1.00 bits per heavy atom. The Morgan fingerprint density at radius 2 is 1.70 bits per heavy atom. The molecule has 0 saturated carbocycles. The van der Waals surface area contributed by atoms with E-state index in [9.17, 15) is 12.8 Å². The van der Waals surface area contributed by atoms with Crippen LogP contribution in [-0.4, -0.2) is 19.7 Å². The minimum absolute atomic E-state index is 0.282. The van der Waals surface area contributed by atoms with Crippen molar-refractivity contribution in [2.45, 2.75) is 4.90 Å². The number of thiophene rings is 1. The fourth-order valence-electron chi connectivity index (χ4n) is 2.68. The standard InChI is InChI=1S/C20H15FNO2S3/c1-27(23,24)17-10-8-16(9-11-17)26-13-18(14-4-6-15(21)7-5-14)22-20(26)19-3-2-12-25-19/h2-13H,1H3/q+1. The molecule has 1 atom stereocenters. The van der Waals surface area contributed by atoms with Crippen LogP contribution in [0.4, 0.5) is 4.39 Å². The molecule has 27 heavy (non-hydrogen) atoms. The molecule has 0 radical (unpaired) electrons. The molecule has 0 N–H and O–H groups in total. The number of benzene rings is 2. The van der Waals surface area contributed by atoms with Crippen molar-refractivity contribution in [1.29, 1.82) is 0 Å². The summed E-state index contributed by atoms with van der Waals surface area (Å²) >= 11 is 1.61. The number of hydrogen-bond donors (Lipinski definition) is 0. The van der Waals surface area contributed by atoms with Gasteiger partial charge in [0.1, 0.15) is 16.4 Å². The van der Waals surface area contributed by atoms with Crippen molar-refractivity contribution in [1.82, 2.24) is 4.98 Å². The molecule has 3 nitrogen and oxygen atoms in total. The lowest BCUT2D eigenvalue weighted by Gasteiger charge is -1.97. The lowest BCUT2D eigenvalue weighted by molar-refractivity contribution is 0.602. The van der Waals surface area contributed by atoms with Crippen LogP contribution >= 0.6 is 21.8 Å². The zero-order valence-corrected chi connectivity index (χ0v) is 16.7. The van der Waals surface area contributed by atoms with Gasteiger partial charge in [-0.25, -0.2) is 12.8 Å². The highest BCUT2D eigenvalue weighted by atomic mass is 32.2. The zero-order valence-electron chi connectivity index (χ0n) is 14.3. The molecule has 7 heteroatoms. The van der Waals surface area contributed by atoms with Crippen molar-refractivity contribution in [2.24, 2.45) is 0 Å². The first-order valence-electron chi connectivity index (χ1n) is 8.05. The number of thiazole rings is 1. The van der Waals surface area contributed by atoms with Crippen molar-refractivity contribution in [3.63, 3.8) is 0 Å². The third-order valence-electron chi connectivity index (χ3n) is 4.04. The molecule has 0 amide bonds. The topological polar surface area (TPSA) is 47.0 Å². The number of rotatable bonds is 4.